The van der Waals surface area contributed by atoms with Crippen molar-refractivity contribution < 1.29 is 9.84 Å². The highest BCUT2D eigenvalue weighted by atomic mass is 35.5. The van der Waals surface area contributed by atoms with Crippen molar-refractivity contribution in [3.8, 4) is 5.75 Å². The molecule has 3 heterocycles. The molecule has 0 spiro atoms. The molecule has 0 radical (unpaired) electrons. The Labute approximate surface area is 162 Å². The molecule has 0 unspecified atom stereocenters. The molecule has 2 fully saturated rings. The third-order valence-electron chi connectivity index (χ3n) is 5.80. The summed E-state index contributed by atoms with van der Waals surface area (Å²) in [6, 6.07) is 9.39. The number of aliphatic hydroxyl groups is 1. The highest BCUT2D eigenvalue weighted by molar-refractivity contribution is 6.30. The average molecular weight is 385 g/mol. The molecule has 1 aliphatic heterocycles. The van der Waals surface area contributed by atoms with Crippen LogP contribution in [-0.2, 0) is 0 Å². The minimum Gasteiger partial charge on any atom is -0.488 e. The van der Waals surface area contributed by atoms with Gasteiger partial charge in [-0.15, -0.1) is 0 Å². The second-order valence-corrected chi connectivity index (χ2v) is 7.95. The van der Waals surface area contributed by atoms with E-state index in [1.54, 1.807) is 12.4 Å². The lowest BCUT2D eigenvalue weighted by molar-refractivity contribution is -0.0231. The van der Waals surface area contributed by atoms with E-state index in [0.717, 1.165) is 42.8 Å². The number of nitrogens with zero attached hydrogens (tertiary/aromatic N) is 3. The van der Waals surface area contributed by atoms with Crippen molar-refractivity contribution in [1.82, 2.24) is 15.0 Å². The lowest BCUT2D eigenvalue weighted by Gasteiger charge is -2.35. The molecule has 27 heavy (non-hydrogen) atoms. The predicted octanol–water partition coefficient (Wildman–Crippen LogP) is 3.27. The Balaban J connectivity index is 1.33. The monoisotopic (exact) mass is 384 g/mol. The maximum Gasteiger partial charge on any atom is 0.142 e. The third kappa shape index (κ3) is 3.13. The number of ether oxygens (including phenoxy) is 1. The van der Waals surface area contributed by atoms with Crippen LogP contribution in [-0.4, -0.2) is 45.4 Å². The summed E-state index contributed by atoms with van der Waals surface area (Å²) in [5, 5.41) is 12.3. The molecule has 2 aromatic heterocycles. The normalized spacial score (nSPS) is 27.7. The molecule has 1 saturated heterocycles. The number of hydrogen-bond donors (Lipinski definition) is 2. The van der Waals surface area contributed by atoms with Crippen molar-refractivity contribution in [1.29, 1.82) is 0 Å². The van der Waals surface area contributed by atoms with Gasteiger partial charge in [-0.3, -0.25) is 0 Å². The van der Waals surface area contributed by atoms with Gasteiger partial charge in [0.05, 0.1) is 11.5 Å². The van der Waals surface area contributed by atoms with Crippen molar-refractivity contribution in [3.05, 3.63) is 47.9 Å². The molecule has 6 nitrogen and oxygen atoms in total. The Kier molecular flexibility index (Phi) is 4.17. The fourth-order valence-electron chi connectivity index (χ4n) is 4.52. The predicted molar refractivity (Wildman–Crippen MR) is 104 cm³/mol. The molecule has 0 bridgehead atoms. The number of hydrogen-bond acceptors (Lipinski definition) is 5. The first-order valence-electron chi connectivity index (χ1n) is 9.30. The molecule has 2 N–H and O–H groups in total. The van der Waals surface area contributed by atoms with Crippen LogP contribution in [0.4, 0.5) is 5.82 Å². The minimum atomic E-state index is -0.470. The Morgan fingerprint density at radius 1 is 1.15 bits per heavy atom. The number of H-pyrrole nitrogens is 1. The smallest absolute Gasteiger partial charge is 0.142 e. The molecule has 5 rings (SSSR count). The van der Waals surface area contributed by atoms with Gasteiger partial charge in [-0.25, -0.2) is 9.97 Å². The van der Waals surface area contributed by atoms with Crippen molar-refractivity contribution in [2.75, 3.05) is 18.0 Å². The SMILES string of the molecule is O[C@@H]1C[C@H]2CN(c3ncnc4[nH]ccc34)C[C@H]2C[C@H]1Oc1cccc(Cl)c1. The molecule has 0 amide bonds. The van der Waals surface area contributed by atoms with Gasteiger partial charge in [0.1, 0.15) is 29.6 Å². The van der Waals surface area contributed by atoms with E-state index >= 15 is 0 Å². The number of aromatic amines is 1. The van der Waals surface area contributed by atoms with Gasteiger partial charge in [0.2, 0.25) is 0 Å². The number of halogens is 1. The summed E-state index contributed by atoms with van der Waals surface area (Å²) in [5.74, 6) is 2.60. The van der Waals surface area contributed by atoms with Crippen LogP contribution >= 0.6 is 11.6 Å². The summed E-state index contributed by atoms with van der Waals surface area (Å²) in [5.41, 5.74) is 0.858. The third-order valence-corrected chi connectivity index (χ3v) is 6.04. The van der Waals surface area contributed by atoms with Crippen LogP contribution in [0.1, 0.15) is 12.8 Å². The van der Waals surface area contributed by atoms with Crippen LogP contribution in [0.5, 0.6) is 5.75 Å². The molecule has 140 valence electrons. The second-order valence-electron chi connectivity index (χ2n) is 7.51. The van der Waals surface area contributed by atoms with Crippen LogP contribution in [0, 0.1) is 11.8 Å². The fourth-order valence-corrected chi connectivity index (χ4v) is 4.70. The average Bonchev–Trinajstić information content (AvgIpc) is 3.28. The maximum absolute atomic E-state index is 10.6. The summed E-state index contributed by atoms with van der Waals surface area (Å²) in [6.07, 6.45) is 4.40. The van der Waals surface area contributed by atoms with Crippen LogP contribution in [0.25, 0.3) is 11.0 Å². The van der Waals surface area contributed by atoms with Gasteiger partial charge < -0.3 is 19.7 Å². The van der Waals surface area contributed by atoms with Gasteiger partial charge in [0.15, 0.2) is 0 Å². The highest BCUT2D eigenvalue weighted by Gasteiger charge is 2.43. The van der Waals surface area contributed by atoms with Gasteiger partial charge in [-0.05, 0) is 48.9 Å². The first-order valence-corrected chi connectivity index (χ1v) is 9.68. The molecule has 2 aliphatic rings. The molecular formula is C20H21ClN4O2. The first-order chi connectivity index (χ1) is 13.2. The summed E-state index contributed by atoms with van der Waals surface area (Å²) >= 11 is 6.05. The summed E-state index contributed by atoms with van der Waals surface area (Å²) in [4.78, 5) is 14.3. The molecule has 4 atom stereocenters. The van der Waals surface area contributed by atoms with E-state index in [-0.39, 0.29) is 6.10 Å². The Hall–Kier alpha value is -2.31. The largest absolute Gasteiger partial charge is 0.488 e. The van der Waals surface area contributed by atoms with Crippen molar-refractivity contribution >= 4 is 28.5 Å². The Bertz CT molecular complexity index is 962. The topological polar surface area (TPSA) is 74.3 Å². The van der Waals surface area contributed by atoms with E-state index in [0.29, 0.717) is 22.6 Å². The zero-order chi connectivity index (χ0) is 18.4. The van der Waals surface area contributed by atoms with Gasteiger partial charge in [-0.2, -0.15) is 0 Å². The second kappa shape index (κ2) is 6.69. The van der Waals surface area contributed by atoms with Gasteiger partial charge in [0, 0.05) is 24.3 Å². The zero-order valence-electron chi connectivity index (χ0n) is 14.8. The van der Waals surface area contributed by atoms with E-state index < -0.39 is 6.10 Å². The van der Waals surface area contributed by atoms with Crippen LogP contribution in [0.2, 0.25) is 5.02 Å². The zero-order valence-corrected chi connectivity index (χ0v) is 15.5. The number of nitrogens with one attached hydrogen (secondary N) is 1. The summed E-state index contributed by atoms with van der Waals surface area (Å²) < 4.78 is 6.07. The lowest BCUT2D eigenvalue weighted by atomic mass is 9.78. The Morgan fingerprint density at radius 2 is 2.00 bits per heavy atom. The highest BCUT2D eigenvalue weighted by Crippen LogP contribution is 2.40. The number of rotatable bonds is 3. The number of aromatic nitrogens is 3. The molecule has 7 heteroatoms. The molecule has 1 aromatic carbocycles. The van der Waals surface area contributed by atoms with Gasteiger partial charge >= 0.3 is 0 Å². The quantitative estimate of drug-likeness (QED) is 0.725. The van der Waals surface area contributed by atoms with Crippen molar-refractivity contribution in [2.45, 2.75) is 25.0 Å². The van der Waals surface area contributed by atoms with E-state index in [2.05, 4.69) is 19.9 Å². The fraction of sp³-hybridized carbons (Fsp3) is 0.400. The van der Waals surface area contributed by atoms with Crippen LogP contribution in [0.3, 0.4) is 0 Å². The van der Waals surface area contributed by atoms with Gasteiger partial charge in [0.25, 0.3) is 0 Å². The Morgan fingerprint density at radius 3 is 2.85 bits per heavy atom. The van der Waals surface area contributed by atoms with E-state index in [9.17, 15) is 5.11 Å². The molecule has 3 aromatic rings. The van der Waals surface area contributed by atoms with Crippen molar-refractivity contribution in [3.63, 3.8) is 0 Å². The standard InChI is InChI=1S/C20H21ClN4O2/c21-14-2-1-3-15(8-14)27-18-7-13-10-25(9-12(13)6-17(18)26)20-16-4-5-22-19(16)23-11-24-20/h1-5,8,11-13,17-18,26H,6-7,9-10H2,(H,22,23,24)/t12-,13+,17+,18+/m0/s1. The maximum atomic E-state index is 10.6. The summed E-state index contributed by atoms with van der Waals surface area (Å²) in [6.45, 7) is 1.83. The number of benzene rings is 1. The minimum absolute atomic E-state index is 0.206. The lowest BCUT2D eigenvalue weighted by Crippen LogP contribution is -2.42. The van der Waals surface area contributed by atoms with E-state index in [1.165, 1.54) is 0 Å². The summed E-state index contributed by atoms with van der Waals surface area (Å²) in [7, 11) is 0. The van der Waals surface area contributed by atoms with Gasteiger partial charge in [-0.1, -0.05) is 17.7 Å². The molecule has 1 saturated carbocycles. The number of aliphatic hydroxyl groups excluding tert-OH is 1. The molecular weight excluding hydrogens is 364 g/mol. The van der Waals surface area contributed by atoms with Crippen LogP contribution in [0.15, 0.2) is 42.9 Å². The first kappa shape index (κ1) is 16.8. The van der Waals surface area contributed by atoms with Crippen LogP contribution < -0.4 is 9.64 Å². The molecule has 1 aliphatic carbocycles. The number of fused-ring (bicyclic) bond motifs is 2. The van der Waals surface area contributed by atoms with Crippen molar-refractivity contribution in [2.24, 2.45) is 11.8 Å². The number of anilines is 1. The van der Waals surface area contributed by atoms with E-state index in [4.69, 9.17) is 16.3 Å². The van der Waals surface area contributed by atoms with E-state index in [1.807, 2.05) is 30.5 Å².